The third-order valence-electron chi connectivity index (χ3n) is 6.43. The molecule has 3 aliphatic heterocycles. The zero-order chi connectivity index (χ0) is 21.4. The molecule has 1 amide bonds. The van der Waals surface area contributed by atoms with Crippen LogP contribution in [0.5, 0.6) is 0 Å². The number of fused-ring (bicyclic) bond motifs is 1. The summed E-state index contributed by atoms with van der Waals surface area (Å²) in [4.78, 5) is 23.7. The first kappa shape index (κ1) is 19.9. The molecule has 0 bridgehead atoms. The molecule has 0 radical (unpaired) electrons. The predicted molar refractivity (Wildman–Crippen MR) is 121 cm³/mol. The van der Waals surface area contributed by atoms with Crippen LogP contribution in [-0.4, -0.2) is 42.3 Å². The smallest absolute Gasteiger partial charge is 0.270 e. The molecule has 0 saturated carbocycles. The van der Waals surface area contributed by atoms with Gasteiger partial charge in [0.15, 0.2) is 0 Å². The molecule has 0 aliphatic carbocycles. The van der Waals surface area contributed by atoms with Crippen molar-refractivity contribution >= 4 is 28.7 Å². The average molecular weight is 420 g/mol. The van der Waals surface area contributed by atoms with Crippen molar-refractivity contribution in [3.05, 3.63) is 59.7 Å². The van der Waals surface area contributed by atoms with Gasteiger partial charge in [0.2, 0.25) is 0 Å². The minimum absolute atomic E-state index is 0.294. The number of hydrogen-bond acceptors (Lipinski definition) is 5. The lowest BCUT2D eigenvalue weighted by Gasteiger charge is -2.37. The van der Waals surface area contributed by atoms with Crippen LogP contribution in [0.4, 0.5) is 15.8 Å². The summed E-state index contributed by atoms with van der Waals surface area (Å²) in [5.74, 6) is 0.0571. The number of aliphatic imine (C=N–C) groups is 1. The van der Waals surface area contributed by atoms with E-state index < -0.39 is 0 Å². The number of rotatable bonds is 4. The van der Waals surface area contributed by atoms with Gasteiger partial charge in [0.1, 0.15) is 11.5 Å². The van der Waals surface area contributed by atoms with E-state index in [0.29, 0.717) is 35.5 Å². The van der Waals surface area contributed by atoms with E-state index in [1.54, 1.807) is 18.3 Å². The lowest BCUT2D eigenvalue weighted by molar-refractivity contribution is -0.110. The minimum Gasteiger partial charge on any atom is -0.366 e. The van der Waals surface area contributed by atoms with Gasteiger partial charge in [-0.25, -0.2) is 9.38 Å². The SMILES string of the molecule is Cc1cc(C2=CCC(C(=O)Nc3cccc(F)c3N3CCC4CCNC4C3)=N2)ccn1. The minimum atomic E-state index is -0.311. The number of aryl methyl sites for hydroxylation is 1. The van der Waals surface area contributed by atoms with Gasteiger partial charge >= 0.3 is 0 Å². The van der Waals surface area contributed by atoms with Crippen LogP contribution in [0.3, 0.4) is 0 Å². The van der Waals surface area contributed by atoms with Gasteiger partial charge in [0, 0.05) is 43.0 Å². The number of carbonyl (C=O) groups is 1. The number of anilines is 2. The van der Waals surface area contributed by atoms with E-state index in [0.717, 1.165) is 43.0 Å². The fraction of sp³-hybridized carbons (Fsp3) is 0.375. The lowest BCUT2D eigenvalue weighted by atomic mass is 9.92. The molecular weight excluding hydrogens is 393 g/mol. The van der Waals surface area contributed by atoms with Crippen LogP contribution >= 0.6 is 0 Å². The van der Waals surface area contributed by atoms with Crippen molar-refractivity contribution in [1.82, 2.24) is 10.3 Å². The van der Waals surface area contributed by atoms with Crippen LogP contribution in [0, 0.1) is 18.7 Å². The third-order valence-corrected chi connectivity index (χ3v) is 6.43. The molecule has 2 aromatic rings. The number of para-hydroxylation sites is 1. The highest BCUT2D eigenvalue weighted by Crippen LogP contribution is 2.35. The number of aromatic nitrogens is 1. The van der Waals surface area contributed by atoms with Gasteiger partial charge in [-0.15, -0.1) is 0 Å². The summed E-state index contributed by atoms with van der Waals surface area (Å²) in [6.45, 7) is 4.49. The predicted octanol–water partition coefficient (Wildman–Crippen LogP) is 3.54. The van der Waals surface area contributed by atoms with E-state index >= 15 is 0 Å². The Balaban J connectivity index is 1.34. The molecule has 5 rings (SSSR count). The highest BCUT2D eigenvalue weighted by Gasteiger charge is 2.34. The Labute approximate surface area is 181 Å². The molecule has 31 heavy (non-hydrogen) atoms. The summed E-state index contributed by atoms with van der Waals surface area (Å²) < 4.78 is 14.9. The molecule has 2 N–H and O–H groups in total. The van der Waals surface area contributed by atoms with E-state index in [1.807, 2.05) is 25.1 Å². The van der Waals surface area contributed by atoms with Gasteiger partial charge in [-0.2, -0.15) is 0 Å². The van der Waals surface area contributed by atoms with Crippen molar-refractivity contribution in [2.45, 2.75) is 32.2 Å². The maximum Gasteiger partial charge on any atom is 0.270 e. The van der Waals surface area contributed by atoms with E-state index in [4.69, 9.17) is 0 Å². The number of amides is 1. The Morgan fingerprint density at radius 1 is 1.29 bits per heavy atom. The fourth-order valence-corrected chi connectivity index (χ4v) is 4.83. The average Bonchev–Trinajstić information content (AvgIpc) is 3.43. The number of nitrogens with one attached hydrogen (secondary N) is 2. The zero-order valence-corrected chi connectivity index (χ0v) is 17.6. The number of benzene rings is 1. The van der Waals surface area contributed by atoms with E-state index in [1.165, 1.54) is 12.5 Å². The van der Waals surface area contributed by atoms with Crippen LogP contribution in [0.2, 0.25) is 0 Å². The fourth-order valence-electron chi connectivity index (χ4n) is 4.83. The highest BCUT2D eigenvalue weighted by molar-refractivity contribution is 6.45. The van der Waals surface area contributed by atoms with Crippen LogP contribution < -0.4 is 15.5 Å². The molecule has 0 spiro atoms. The zero-order valence-electron chi connectivity index (χ0n) is 17.6. The molecule has 4 heterocycles. The number of carbonyl (C=O) groups excluding carboxylic acids is 1. The van der Waals surface area contributed by atoms with Crippen molar-refractivity contribution in [3.63, 3.8) is 0 Å². The summed E-state index contributed by atoms with van der Waals surface area (Å²) in [7, 11) is 0. The Kier molecular flexibility index (Phi) is 5.28. The number of hydrogen-bond donors (Lipinski definition) is 2. The number of piperidine rings is 1. The maximum absolute atomic E-state index is 14.9. The Morgan fingerprint density at radius 2 is 2.19 bits per heavy atom. The van der Waals surface area contributed by atoms with E-state index in [2.05, 4.69) is 25.5 Å². The molecule has 160 valence electrons. The molecule has 2 atom stereocenters. The van der Waals surface area contributed by atoms with Gasteiger partial charge in [-0.1, -0.05) is 12.1 Å². The van der Waals surface area contributed by atoms with Crippen molar-refractivity contribution in [1.29, 1.82) is 0 Å². The summed E-state index contributed by atoms with van der Waals surface area (Å²) in [5, 5.41) is 6.44. The first-order chi connectivity index (χ1) is 15.1. The van der Waals surface area contributed by atoms with Crippen LogP contribution in [0.1, 0.15) is 30.5 Å². The summed E-state index contributed by atoms with van der Waals surface area (Å²) in [5.41, 5.74) is 4.00. The molecule has 3 aliphatic rings. The van der Waals surface area contributed by atoms with Crippen molar-refractivity contribution in [3.8, 4) is 0 Å². The second-order valence-electron chi connectivity index (χ2n) is 8.47. The van der Waals surface area contributed by atoms with Gasteiger partial charge in [-0.05, 0) is 56.5 Å². The summed E-state index contributed by atoms with van der Waals surface area (Å²) >= 11 is 0. The Morgan fingerprint density at radius 3 is 3.06 bits per heavy atom. The molecule has 1 aromatic heterocycles. The van der Waals surface area contributed by atoms with Crippen molar-refractivity contribution in [2.75, 3.05) is 29.9 Å². The molecular formula is C24H26FN5O. The van der Waals surface area contributed by atoms with E-state index in [9.17, 15) is 9.18 Å². The summed E-state index contributed by atoms with van der Waals surface area (Å²) in [6, 6.07) is 9.06. The molecule has 7 heteroatoms. The number of nitrogens with zero attached hydrogens (tertiary/aromatic N) is 3. The maximum atomic E-state index is 14.9. The molecule has 6 nitrogen and oxygen atoms in total. The molecule has 2 unspecified atom stereocenters. The third kappa shape index (κ3) is 3.97. The Hall–Kier alpha value is -3.06. The van der Waals surface area contributed by atoms with Crippen LogP contribution in [0.15, 0.2) is 47.6 Å². The van der Waals surface area contributed by atoms with E-state index in [-0.39, 0.29) is 11.7 Å². The summed E-state index contributed by atoms with van der Waals surface area (Å²) in [6.07, 6.45) is 6.34. The highest BCUT2D eigenvalue weighted by atomic mass is 19.1. The monoisotopic (exact) mass is 419 g/mol. The molecule has 2 saturated heterocycles. The second kappa shape index (κ2) is 8.23. The first-order valence-electron chi connectivity index (χ1n) is 10.9. The standard InChI is InChI=1S/C24H26FN5O/c1-15-13-17(8-10-26-15)19-5-6-21(28-19)24(31)29-20-4-2-3-18(25)23(20)30-12-9-16-7-11-27-22(16)14-30/h2-5,8,10,13,16,22,27H,6-7,9,11-12,14H2,1H3,(H,29,31). The van der Waals surface area contributed by atoms with Gasteiger partial charge in [-0.3, -0.25) is 9.78 Å². The quantitative estimate of drug-likeness (QED) is 0.795. The number of halogens is 1. The normalized spacial score (nSPS) is 22.7. The van der Waals surface area contributed by atoms with Gasteiger partial charge in [0.05, 0.1) is 17.1 Å². The topological polar surface area (TPSA) is 69.6 Å². The van der Waals surface area contributed by atoms with Crippen molar-refractivity contribution in [2.24, 2.45) is 10.9 Å². The number of pyridine rings is 1. The van der Waals surface area contributed by atoms with Crippen LogP contribution in [0.25, 0.3) is 5.70 Å². The Bertz CT molecular complexity index is 1080. The number of allylic oxidation sites excluding steroid dienone is 1. The van der Waals surface area contributed by atoms with Gasteiger partial charge in [0.25, 0.3) is 5.91 Å². The lowest BCUT2D eigenvalue weighted by Crippen LogP contribution is -2.47. The van der Waals surface area contributed by atoms with Crippen molar-refractivity contribution < 1.29 is 9.18 Å². The first-order valence-corrected chi connectivity index (χ1v) is 10.9. The molecule has 2 fully saturated rings. The molecule has 1 aromatic carbocycles. The van der Waals surface area contributed by atoms with Gasteiger partial charge < -0.3 is 15.5 Å². The second-order valence-corrected chi connectivity index (χ2v) is 8.47. The van der Waals surface area contributed by atoms with Crippen LogP contribution in [-0.2, 0) is 4.79 Å². The largest absolute Gasteiger partial charge is 0.366 e.